The summed E-state index contributed by atoms with van der Waals surface area (Å²) < 4.78 is 0. The summed E-state index contributed by atoms with van der Waals surface area (Å²) in [7, 11) is 0. The predicted octanol–water partition coefficient (Wildman–Crippen LogP) is 0.411. The highest BCUT2D eigenvalue weighted by molar-refractivity contribution is 9.09. The average Bonchev–Trinajstić information content (AvgIpc) is 2.02. The van der Waals surface area contributed by atoms with Gasteiger partial charge in [-0.05, 0) is 20.8 Å². The van der Waals surface area contributed by atoms with E-state index >= 15 is 0 Å². The van der Waals surface area contributed by atoms with E-state index in [2.05, 4.69) is 26.6 Å². The van der Waals surface area contributed by atoms with E-state index in [0.29, 0.717) is 0 Å². The average molecular weight is 251 g/mol. The molecule has 76 valence electrons. The normalized spacial score (nSPS) is 12.4. The molecule has 0 spiro atoms. The van der Waals surface area contributed by atoms with E-state index in [9.17, 15) is 9.59 Å². The van der Waals surface area contributed by atoms with Crippen LogP contribution in [0, 0.1) is 0 Å². The lowest BCUT2D eigenvalue weighted by molar-refractivity contribution is -0.127. The minimum Gasteiger partial charge on any atom is -0.352 e. The van der Waals surface area contributed by atoms with Gasteiger partial charge in [0.2, 0.25) is 11.8 Å². The summed E-state index contributed by atoms with van der Waals surface area (Å²) in [6, 6.07) is -0.386. The maximum absolute atomic E-state index is 11.3. The Bertz CT molecular complexity index is 195. The van der Waals surface area contributed by atoms with Gasteiger partial charge in [0.25, 0.3) is 0 Å². The molecule has 13 heavy (non-hydrogen) atoms. The molecular formula is C8H15BrN2O2. The van der Waals surface area contributed by atoms with Crippen molar-refractivity contribution in [3.05, 3.63) is 0 Å². The molecule has 0 aromatic rings. The molecule has 0 saturated carbocycles. The molecule has 1 unspecified atom stereocenters. The molecule has 0 aliphatic carbocycles. The number of alkyl halides is 1. The van der Waals surface area contributed by atoms with Crippen LogP contribution in [0.15, 0.2) is 0 Å². The third-order valence-corrected chi connectivity index (χ3v) is 1.83. The van der Waals surface area contributed by atoms with Gasteiger partial charge in [-0.25, -0.2) is 0 Å². The third-order valence-electron chi connectivity index (χ3n) is 1.32. The molecule has 0 rings (SSSR count). The van der Waals surface area contributed by atoms with E-state index in [0.717, 1.165) is 0 Å². The van der Waals surface area contributed by atoms with Crippen molar-refractivity contribution < 1.29 is 9.59 Å². The molecule has 0 aromatic carbocycles. The van der Waals surface area contributed by atoms with Gasteiger partial charge in [-0.15, -0.1) is 0 Å². The second-order valence-electron chi connectivity index (χ2n) is 3.09. The van der Waals surface area contributed by atoms with E-state index in [1.807, 2.05) is 13.8 Å². The summed E-state index contributed by atoms with van der Waals surface area (Å²) in [6.45, 7) is 5.39. The second-order valence-corrected chi connectivity index (χ2v) is 3.65. The zero-order valence-corrected chi connectivity index (χ0v) is 9.64. The van der Waals surface area contributed by atoms with Crippen molar-refractivity contribution in [3.8, 4) is 0 Å². The van der Waals surface area contributed by atoms with Crippen LogP contribution in [-0.2, 0) is 9.59 Å². The molecule has 0 fully saturated rings. The topological polar surface area (TPSA) is 58.2 Å². The van der Waals surface area contributed by atoms with Gasteiger partial charge in [0.15, 0.2) is 0 Å². The lowest BCUT2D eigenvalue weighted by Crippen LogP contribution is -2.47. The van der Waals surface area contributed by atoms with E-state index in [-0.39, 0.29) is 23.2 Å². The molecule has 5 heteroatoms. The van der Waals surface area contributed by atoms with Crippen LogP contribution < -0.4 is 10.6 Å². The van der Waals surface area contributed by atoms with Crippen molar-refractivity contribution in [2.45, 2.75) is 32.9 Å². The van der Waals surface area contributed by atoms with Crippen molar-refractivity contribution in [1.29, 1.82) is 0 Å². The molecule has 4 nitrogen and oxygen atoms in total. The van der Waals surface area contributed by atoms with Crippen molar-refractivity contribution in [2.24, 2.45) is 0 Å². The van der Waals surface area contributed by atoms with E-state index in [1.165, 1.54) is 0 Å². The summed E-state index contributed by atoms with van der Waals surface area (Å²) >= 11 is 3.00. The lowest BCUT2D eigenvalue weighted by Gasteiger charge is -2.15. The highest BCUT2D eigenvalue weighted by atomic mass is 79.9. The molecule has 2 N–H and O–H groups in total. The first-order valence-corrected chi connectivity index (χ1v) is 5.25. The van der Waals surface area contributed by atoms with Crippen molar-refractivity contribution >= 4 is 27.7 Å². The molecule has 0 aliphatic heterocycles. The van der Waals surface area contributed by atoms with Crippen LogP contribution >= 0.6 is 15.9 Å². The van der Waals surface area contributed by atoms with Gasteiger partial charge in [0.1, 0.15) is 6.04 Å². The molecule has 2 amide bonds. The SMILES string of the molecule is CC(C)NC(=O)C(C)NC(=O)CBr. The Morgan fingerprint density at radius 3 is 2.15 bits per heavy atom. The van der Waals surface area contributed by atoms with E-state index < -0.39 is 6.04 Å². The molecular weight excluding hydrogens is 236 g/mol. The summed E-state index contributed by atoms with van der Waals surface area (Å²) in [5, 5.41) is 5.45. The Morgan fingerprint density at radius 1 is 1.23 bits per heavy atom. The minimum atomic E-state index is -0.479. The Labute approximate surface area is 86.6 Å². The minimum absolute atomic E-state index is 0.0934. The highest BCUT2D eigenvalue weighted by Crippen LogP contribution is 1.87. The number of nitrogens with one attached hydrogen (secondary N) is 2. The zero-order valence-electron chi connectivity index (χ0n) is 8.06. The van der Waals surface area contributed by atoms with Gasteiger partial charge in [-0.3, -0.25) is 9.59 Å². The number of carbonyl (C=O) groups excluding carboxylic acids is 2. The van der Waals surface area contributed by atoms with Gasteiger partial charge in [-0.2, -0.15) is 0 Å². The monoisotopic (exact) mass is 250 g/mol. The van der Waals surface area contributed by atoms with Gasteiger partial charge < -0.3 is 10.6 Å². The van der Waals surface area contributed by atoms with Crippen LogP contribution in [0.5, 0.6) is 0 Å². The van der Waals surface area contributed by atoms with Gasteiger partial charge in [-0.1, -0.05) is 15.9 Å². The Kier molecular flexibility index (Phi) is 5.70. The summed E-state index contributed by atoms with van der Waals surface area (Å²) in [4.78, 5) is 22.1. The van der Waals surface area contributed by atoms with Crippen molar-refractivity contribution in [2.75, 3.05) is 5.33 Å². The quantitative estimate of drug-likeness (QED) is 0.711. The lowest BCUT2D eigenvalue weighted by atomic mass is 10.3. The van der Waals surface area contributed by atoms with Crippen LogP contribution in [0.25, 0.3) is 0 Å². The first-order valence-electron chi connectivity index (χ1n) is 4.13. The van der Waals surface area contributed by atoms with Gasteiger partial charge >= 0.3 is 0 Å². The number of amides is 2. The molecule has 0 saturated heterocycles. The van der Waals surface area contributed by atoms with Crippen LogP contribution in [-0.4, -0.2) is 29.2 Å². The molecule has 0 heterocycles. The fourth-order valence-corrected chi connectivity index (χ4v) is 0.917. The Hall–Kier alpha value is -0.580. The standard InChI is InChI=1S/C8H15BrN2O2/c1-5(2)10-8(13)6(3)11-7(12)4-9/h5-6H,4H2,1-3H3,(H,10,13)(H,11,12). The second kappa shape index (κ2) is 5.96. The van der Waals surface area contributed by atoms with Crippen molar-refractivity contribution in [3.63, 3.8) is 0 Å². The predicted molar refractivity (Wildman–Crippen MR) is 54.7 cm³/mol. The molecule has 1 atom stereocenters. The maximum atomic E-state index is 11.3. The highest BCUT2D eigenvalue weighted by Gasteiger charge is 2.14. The summed E-state index contributed by atoms with van der Waals surface area (Å²) in [6.07, 6.45) is 0. The number of carbonyl (C=O) groups is 2. The first-order chi connectivity index (χ1) is 5.97. The molecule has 0 bridgehead atoms. The van der Waals surface area contributed by atoms with Crippen LogP contribution in [0.2, 0.25) is 0 Å². The van der Waals surface area contributed by atoms with Crippen LogP contribution in [0.3, 0.4) is 0 Å². The Balaban J connectivity index is 3.89. The largest absolute Gasteiger partial charge is 0.352 e. The maximum Gasteiger partial charge on any atom is 0.242 e. The first kappa shape index (κ1) is 12.4. The zero-order chi connectivity index (χ0) is 10.4. The van der Waals surface area contributed by atoms with Crippen molar-refractivity contribution in [1.82, 2.24) is 10.6 Å². The fraction of sp³-hybridized carbons (Fsp3) is 0.750. The number of hydrogen-bond acceptors (Lipinski definition) is 2. The smallest absolute Gasteiger partial charge is 0.242 e. The summed E-state index contributed by atoms with van der Waals surface area (Å²) in [5.41, 5.74) is 0. The molecule has 0 aromatic heterocycles. The third kappa shape index (κ3) is 5.63. The van der Waals surface area contributed by atoms with E-state index in [4.69, 9.17) is 0 Å². The fourth-order valence-electron chi connectivity index (χ4n) is 0.755. The van der Waals surface area contributed by atoms with Gasteiger partial charge in [0, 0.05) is 6.04 Å². The van der Waals surface area contributed by atoms with Crippen LogP contribution in [0.4, 0.5) is 0 Å². The number of hydrogen-bond donors (Lipinski definition) is 2. The molecule has 0 radical (unpaired) electrons. The number of rotatable bonds is 4. The number of halogens is 1. The van der Waals surface area contributed by atoms with E-state index in [1.54, 1.807) is 6.92 Å². The summed E-state index contributed by atoms with van der Waals surface area (Å²) in [5.74, 6) is -0.351. The van der Waals surface area contributed by atoms with Gasteiger partial charge in [0.05, 0.1) is 5.33 Å². The Morgan fingerprint density at radius 2 is 1.77 bits per heavy atom. The van der Waals surface area contributed by atoms with Crippen LogP contribution in [0.1, 0.15) is 20.8 Å². The molecule has 0 aliphatic rings.